The highest BCUT2D eigenvalue weighted by Gasteiger charge is 2.40. The van der Waals surface area contributed by atoms with Crippen LogP contribution in [0.4, 0.5) is 0 Å². The lowest BCUT2D eigenvalue weighted by molar-refractivity contribution is 0.179. The highest BCUT2D eigenvalue weighted by molar-refractivity contribution is 4.96. The van der Waals surface area contributed by atoms with Gasteiger partial charge in [0.15, 0.2) is 0 Å². The first-order valence-corrected chi connectivity index (χ1v) is 8.32. The molecule has 0 bridgehead atoms. The van der Waals surface area contributed by atoms with Crippen molar-refractivity contribution in [3.63, 3.8) is 0 Å². The van der Waals surface area contributed by atoms with Gasteiger partial charge in [-0.25, -0.2) is 0 Å². The third-order valence-corrected chi connectivity index (χ3v) is 5.35. The van der Waals surface area contributed by atoms with E-state index >= 15 is 0 Å². The van der Waals surface area contributed by atoms with Gasteiger partial charge in [0.1, 0.15) is 0 Å². The van der Waals surface area contributed by atoms with E-state index in [2.05, 4.69) is 17.1 Å². The van der Waals surface area contributed by atoms with E-state index in [-0.39, 0.29) is 0 Å². The summed E-state index contributed by atoms with van der Waals surface area (Å²) in [6, 6.07) is 0.887. The lowest BCUT2D eigenvalue weighted by atomic mass is 9.94. The Hall–Kier alpha value is -0.0800. The Bertz CT molecular complexity index is 238. The summed E-state index contributed by atoms with van der Waals surface area (Å²) in [5.41, 5.74) is 0. The Morgan fingerprint density at radius 1 is 1.00 bits per heavy atom. The van der Waals surface area contributed by atoms with Gasteiger partial charge in [-0.15, -0.1) is 0 Å². The molecule has 0 spiro atoms. The van der Waals surface area contributed by atoms with Crippen LogP contribution in [0.3, 0.4) is 0 Å². The summed E-state index contributed by atoms with van der Waals surface area (Å²) in [4.78, 5) is 2.68. The highest BCUT2D eigenvalue weighted by atomic mass is 15.1. The van der Waals surface area contributed by atoms with Crippen LogP contribution in [-0.4, -0.2) is 37.1 Å². The van der Waals surface area contributed by atoms with Gasteiger partial charge in [-0.3, -0.25) is 0 Å². The number of rotatable bonds is 7. The molecular weight excluding hydrogens is 220 g/mol. The molecule has 0 aromatic heterocycles. The fourth-order valence-electron chi connectivity index (χ4n) is 3.64. The lowest BCUT2D eigenvalue weighted by Crippen LogP contribution is -2.42. The van der Waals surface area contributed by atoms with E-state index in [1.54, 1.807) is 0 Å². The van der Waals surface area contributed by atoms with Gasteiger partial charge < -0.3 is 10.2 Å². The van der Waals surface area contributed by atoms with Crippen molar-refractivity contribution in [1.29, 1.82) is 0 Å². The molecule has 2 aliphatic carbocycles. The molecule has 0 unspecified atom stereocenters. The normalized spacial score (nSPS) is 27.0. The Labute approximate surface area is 113 Å². The van der Waals surface area contributed by atoms with Gasteiger partial charge in [0, 0.05) is 19.1 Å². The monoisotopic (exact) mass is 250 g/mol. The standard InChI is InChI=1S/C16H30N2/c1-2-13-7-10-18(11-8-13)12-9-17-16(14-3-4-14)15-5-6-15/h13-17H,2-12H2,1H3. The smallest absolute Gasteiger partial charge is 0.0124 e. The maximum atomic E-state index is 3.87. The van der Waals surface area contributed by atoms with Crippen molar-refractivity contribution < 1.29 is 0 Å². The van der Waals surface area contributed by atoms with Gasteiger partial charge in [-0.1, -0.05) is 13.3 Å². The third kappa shape index (κ3) is 3.48. The first-order valence-electron chi connectivity index (χ1n) is 8.32. The molecule has 2 saturated carbocycles. The first kappa shape index (κ1) is 12.9. The van der Waals surface area contributed by atoms with Gasteiger partial charge in [0.2, 0.25) is 0 Å². The number of nitrogens with zero attached hydrogens (tertiary/aromatic N) is 1. The Morgan fingerprint density at radius 3 is 2.11 bits per heavy atom. The molecule has 18 heavy (non-hydrogen) atoms. The molecule has 1 saturated heterocycles. The Balaban J connectivity index is 1.32. The minimum absolute atomic E-state index is 0.887. The molecule has 2 heteroatoms. The molecule has 1 N–H and O–H groups in total. The summed E-state index contributed by atoms with van der Waals surface area (Å²) in [7, 11) is 0. The topological polar surface area (TPSA) is 15.3 Å². The molecule has 0 aromatic rings. The van der Waals surface area contributed by atoms with Crippen molar-refractivity contribution in [1.82, 2.24) is 10.2 Å². The SMILES string of the molecule is CCC1CCN(CCNC(C2CC2)C2CC2)CC1. The van der Waals surface area contributed by atoms with Crippen molar-refractivity contribution in [3.05, 3.63) is 0 Å². The molecule has 2 nitrogen and oxygen atoms in total. The lowest BCUT2D eigenvalue weighted by Gasteiger charge is -2.32. The summed E-state index contributed by atoms with van der Waals surface area (Å²) in [5, 5.41) is 3.87. The molecule has 0 amide bonds. The quantitative estimate of drug-likeness (QED) is 0.747. The fourth-order valence-corrected chi connectivity index (χ4v) is 3.64. The minimum Gasteiger partial charge on any atom is -0.312 e. The van der Waals surface area contributed by atoms with Crippen LogP contribution in [0, 0.1) is 17.8 Å². The van der Waals surface area contributed by atoms with E-state index in [0.29, 0.717) is 0 Å². The first-order chi connectivity index (χ1) is 8.86. The molecule has 104 valence electrons. The van der Waals surface area contributed by atoms with Crippen LogP contribution in [0.2, 0.25) is 0 Å². The zero-order valence-electron chi connectivity index (χ0n) is 12.0. The fraction of sp³-hybridized carbons (Fsp3) is 1.00. The Morgan fingerprint density at radius 2 is 1.61 bits per heavy atom. The summed E-state index contributed by atoms with van der Waals surface area (Å²) < 4.78 is 0. The predicted octanol–water partition coefficient (Wildman–Crippen LogP) is 2.89. The van der Waals surface area contributed by atoms with Crippen molar-refractivity contribution in [2.45, 2.75) is 57.9 Å². The number of hydrogen-bond acceptors (Lipinski definition) is 2. The number of nitrogens with one attached hydrogen (secondary N) is 1. The van der Waals surface area contributed by atoms with Crippen LogP contribution >= 0.6 is 0 Å². The predicted molar refractivity (Wildman–Crippen MR) is 76.7 cm³/mol. The third-order valence-electron chi connectivity index (χ3n) is 5.35. The van der Waals surface area contributed by atoms with Gasteiger partial charge in [0.25, 0.3) is 0 Å². The van der Waals surface area contributed by atoms with Crippen molar-refractivity contribution in [3.8, 4) is 0 Å². The maximum Gasteiger partial charge on any atom is 0.0124 e. The molecule has 0 atom stereocenters. The summed E-state index contributed by atoms with van der Waals surface area (Å²) in [6.07, 6.45) is 10.2. The van der Waals surface area contributed by atoms with Crippen LogP contribution < -0.4 is 5.32 Å². The molecule has 3 fully saturated rings. The van der Waals surface area contributed by atoms with Crippen molar-refractivity contribution in [2.24, 2.45) is 17.8 Å². The molecule has 0 radical (unpaired) electrons. The number of likely N-dealkylation sites (tertiary alicyclic amines) is 1. The minimum atomic E-state index is 0.887. The van der Waals surface area contributed by atoms with Crippen LogP contribution in [0.25, 0.3) is 0 Å². The largest absolute Gasteiger partial charge is 0.312 e. The summed E-state index contributed by atoms with van der Waals surface area (Å²) in [5.74, 6) is 3.10. The molecule has 1 heterocycles. The second kappa shape index (κ2) is 5.92. The molecule has 3 rings (SSSR count). The zero-order chi connectivity index (χ0) is 12.4. The second-order valence-corrected chi connectivity index (χ2v) is 6.85. The van der Waals surface area contributed by atoms with E-state index in [1.807, 2.05) is 0 Å². The van der Waals surface area contributed by atoms with Crippen molar-refractivity contribution in [2.75, 3.05) is 26.2 Å². The van der Waals surface area contributed by atoms with Crippen LogP contribution in [0.5, 0.6) is 0 Å². The van der Waals surface area contributed by atoms with Crippen LogP contribution in [0.1, 0.15) is 51.9 Å². The molecular formula is C16H30N2. The number of piperidine rings is 1. The van der Waals surface area contributed by atoms with E-state index < -0.39 is 0 Å². The van der Waals surface area contributed by atoms with Gasteiger partial charge in [0.05, 0.1) is 0 Å². The average Bonchev–Trinajstić information content (AvgIpc) is 3.29. The zero-order valence-corrected chi connectivity index (χ0v) is 12.0. The molecule has 0 aromatic carbocycles. The van der Waals surface area contributed by atoms with Gasteiger partial charge >= 0.3 is 0 Å². The van der Waals surface area contributed by atoms with E-state index in [0.717, 1.165) is 23.8 Å². The van der Waals surface area contributed by atoms with Crippen LogP contribution in [-0.2, 0) is 0 Å². The molecule has 1 aliphatic heterocycles. The summed E-state index contributed by atoms with van der Waals surface area (Å²) in [6.45, 7) is 7.55. The van der Waals surface area contributed by atoms with E-state index in [1.165, 1.54) is 71.1 Å². The second-order valence-electron chi connectivity index (χ2n) is 6.85. The van der Waals surface area contributed by atoms with Gasteiger partial charge in [-0.05, 0) is 69.4 Å². The Kier molecular flexibility index (Phi) is 4.25. The summed E-state index contributed by atoms with van der Waals surface area (Å²) >= 11 is 0. The average molecular weight is 250 g/mol. The van der Waals surface area contributed by atoms with Crippen LogP contribution in [0.15, 0.2) is 0 Å². The van der Waals surface area contributed by atoms with E-state index in [4.69, 9.17) is 0 Å². The number of hydrogen-bond donors (Lipinski definition) is 1. The maximum absolute atomic E-state index is 3.87. The highest BCUT2D eigenvalue weighted by Crippen LogP contribution is 2.44. The molecule has 3 aliphatic rings. The van der Waals surface area contributed by atoms with E-state index in [9.17, 15) is 0 Å². The van der Waals surface area contributed by atoms with Crippen molar-refractivity contribution >= 4 is 0 Å². The van der Waals surface area contributed by atoms with Gasteiger partial charge in [-0.2, -0.15) is 0 Å².